The predicted octanol–water partition coefficient (Wildman–Crippen LogP) is 5.03. The highest BCUT2D eigenvalue weighted by molar-refractivity contribution is 9.10. The fraction of sp³-hybridized carbons (Fsp3) is 0.471. The lowest BCUT2D eigenvalue weighted by molar-refractivity contribution is 0.559. The molecule has 0 fully saturated rings. The zero-order valence-corrected chi connectivity index (χ0v) is 14.7. The van der Waals surface area contributed by atoms with Crippen LogP contribution < -0.4 is 5.32 Å². The Morgan fingerprint density at radius 1 is 1.33 bits per heavy atom. The molecule has 0 bridgehead atoms. The van der Waals surface area contributed by atoms with Crippen molar-refractivity contribution in [2.75, 3.05) is 11.9 Å². The Bertz CT molecular complexity index is 554. The third-order valence-corrected chi connectivity index (χ3v) is 4.19. The number of hydrogen-bond donors (Lipinski definition) is 1. The van der Waals surface area contributed by atoms with Gasteiger partial charge in [0, 0.05) is 29.5 Å². The number of aryl methyl sites for hydroxylation is 1. The zero-order valence-electron chi connectivity index (χ0n) is 13.1. The Balaban J connectivity index is 0.000000497. The van der Waals surface area contributed by atoms with Gasteiger partial charge < -0.3 is 5.32 Å². The average Bonchev–Trinajstić information content (AvgIpc) is 2.92. The molecule has 1 N–H and O–H groups in total. The van der Waals surface area contributed by atoms with Gasteiger partial charge in [-0.2, -0.15) is 5.10 Å². The van der Waals surface area contributed by atoms with E-state index in [2.05, 4.69) is 71.0 Å². The first-order valence-corrected chi connectivity index (χ1v) is 8.52. The van der Waals surface area contributed by atoms with Crippen LogP contribution in [0.1, 0.15) is 50.8 Å². The largest absolute Gasteiger partial charge is 0.370 e. The lowest BCUT2D eigenvalue weighted by Gasteiger charge is -2.14. The van der Waals surface area contributed by atoms with Gasteiger partial charge in [0.2, 0.25) is 0 Å². The van der Waals surface area contributed by atoms with Crippen LogP contribution in [0, 0.1) is 0 Å². The van der Waals surface area contributed by atoms with Crippen molar-refractivity contribution in [3.05, 3.63) is 46.1 Å². The maximum Gasteiger partial charge on any atom is 0.124 e. The molecule has 1 aromatic heterocycles. The van der Waals surface area contributed by atoms with Crippen molar-refractivity contribution in [1.29, 1.82) is 0 Å². The first-order valence-electron chi connectivity index (χ1n) is 7.73. The van der Waals surface area contributed by atoms with E-state index in [1.807, 2.05) is 6.07 Å². The second kappa shape index (κ2) is 7.64. The molecule has 3 rings (SSSR count). The van der Waals surface area contributed by atoms with Gasteiger partial charge in [0.15, 0.2) is 0 Å². The molecular formula is C17H24BrN3. The van der Waals surface area contributed by atoms with Crippen LogP contribution in [0.2, 0.25) is 0 Å². The van der Waals surface area contributed by atoms with Crippen LogP contribution >= 0.6 is 15.9 Å². The number of anilines is 1. The summed E-state index contributed by atoms with van der Waals surface area (Å²) in [5.41, 5.74) is 2.42. The van der Waals surface area contributed by atoms with E-state index in [4.69, 9.17) is 5.10 Å². The molecule has 0 saturated carbocycles. The molecule has 1 atom stereocenters. The van der Waals surface area contributed by atoms with E-state index in [0.717, 1.165) is 35.5 Å². The number of aromatic nitrogens is 2. The van der Waals surface area contributed by atoms with E-state index < -0.39 is 0 Å². The predicted molar refractivity (Wildman–Crippen MR) is 93.0 cm³/mol. The standard InChI is InChI=1S/C14H16BrN3.C3H8/c1-10(11-5-2-3-6-12(11)15)13-9-14-16-7-4-8-18(14)17-13;1-3-2/h2-3,5-6,9-10,16H,4,7-8H2,1H3;3H2,1-2H3. The molecule has 21 heavy (non-hydrogen) atoms. The Morgan fingerprint density at radius 3 is 2.71 bits per heavy atom. The molecule has 0 spiro atoms. The second-order valence-corrected chi connectivity index (χ2v) is 6.26. The van der Waals surface area contributed by atoms with Gasteiger partial charge in [-0.15, -0.1) is 0 Å². The molecule has 0 aliphatic carbocycles. The van der Waals surface area contributed by atoms with Crippen LogP contribution in [-0.4, -0.2) is 16.3 Å². The van der Waals surface area contributed by atoms with Crippen LogP contribution in [0.25, 0.3) is 0 Å². The number of fused-ring (bicyclic) bond motifs is 1. The van der Waals surface area contributed by atoms with Crippen molar-refractivity contribution in [3.8, 4) is 0 Å². The molecule has 0 amide bonds. The van der Waals surface area contributed by atoms with Crippen molar-refractivity contribution in [2.45, 2.75) is 46.1 Å². The minimum Gasteiger partial charge on any atom is -0.370 e. The lowest BCUT2D eigenvalue weighted by atomic mass is 9.98. The molecule has 0 radical (unpaired) electrons. The molecule has 1 unspecified atom stereocenters. The van der Waals surface area contributed by atoms with Crippen LogP contribution in [0.5, 0.6) is 0 Å². The minimum atomic E-state index is 0.306. The van der Waals surface area contributed by atoms with Crippen molar-refractivity contribution in [3.63, 3.8) is 0 Å². The highest BCUT2D eigenvalue weighted by atomic mass is 79.9. The summed E-state index contributed by atoms with van der Waals surface area (Å²) in [5, 5.41) is 8.09. The van der Waals surface area contributed by atoms with Gasteiger partial charge in [-0.05, 0) is 18.1 Å². The summed E-state index contributed by atoms with van der Waals surface area (Å²) < 4.78 is 3.23. The van der Waals surface area contributed by atoms with Crippen molar-refractivity contribution in [1.82, 2.24) is 9.78 Å². The average molecular weight is 350 g/mol. The molecule has 1 aromatic carbocycles. The molecule has 1 aliphatic heterocycles. The van der Waals surface area contributed by atoms with Gasteiger partial charge in [-0.25, -0.2) is 4.68 Å². The Labute approximate surface area is 135 Å². The van der Waals surface area contributed by atoms with Crippen LogP contribution in [-0.2, 0) is 6.54 Å². The monoisotopic (exact) mass is 349 g/mol. The van der Waals surface area contributed by atoms with Crippen molar-refractivity contribution in [2.24, 2.45) is 0 Å². The maximum atomic E-state index is 4.70. The van der Waals surface area contributed by atoms with Crippen molar-refractivity contribution < 1.29 is 0 Å². The summed E-state index contributed by atoms with van der Waals surface area (Å²) in [7, 11) is 0. The second-order valence-electron chi connectivity index (χ2n) is 5.41. The smallest absolute Gasteiger partial charge is 0.124 e. The summed E-state index contributed by atoms with van der Waals surface area (Å²) in [4.78, 5) is 0. The number of halogens is 1. The number of nitrogens with zero attached hydrogens (tertiary/aromatic N) is 2. The Kier molecular flexibility index (Phi) is 5.85. The zero-order chi connectivity index (χ0) is 15.2. The van der Waals surface area contributed by atoms with E-state index in [0.29, 0.717) is 5.92 Å². The number of benzene rings is 1. The molecule has 1 aliphatic rings. The number of rotatable bonds is 2. The molecular weight excluding hydrogens is 326 g/mol. The quantitative estimate of drug-likeness (QED) is 0.823. The molecule has 2 aromatic rings. The SMILES string of the molecule is CC(c1cc2n(n1)CCCN2)c1ccccc1Br.CCC. The van der Waals surface area contributed by atoms with Gasteiger partial charge in [0.25, 0.3) is 0 Å². The molecule has 4 heteroatoms. The normalized spacial score (nSPS) is 14.5. The first-order chi connectivity index (χ1) is 10.2. The van der Waals surface area contributed by atoms with E-state index in [-0.39, 0.29) is 0 Å². The fourth-order valence-electron chi connectivity index (χ4n) is 2.39. The molecule has 114 valence electrons. The van der Waals surface area contributed by atoms with Gasteiger partial charge in [-0.1, -0.05) is 61.3 Å². The summed E-state index contributed by atoms with van der Waals surface area (Å²) in [5.74, 6) is 1.45. The topological polar surface area (TPSA) is 29.9 Å². The summed E-state index contributed by atoms with van der Waals surface area (Å²) >= 11 is 3.62. The first kappa shape index (κ1) is 16.1. The van der Waals surface area contributed by atoms with Crippen molar-refractivity contribution >= 4 is 21.7 Å². The number of nitrogens with one attached hydrogen (secondary N) is 1. The van der Waals surface area contributed by atoms with Gasteiger partial charge >= 0.3 is 0 Å². The summed E-state index contributed by atoms with van der Waals surface area (Å²) in [6.45, 7) is 8.52. The Hall–Kier alpha value is -1.29. The van der Waals surface area contributed by atoms with Crippen LogP contribution in [0.4, 0.5) is 5.82 Å². The lowest BCUT2D eigenvalue weighted by Crippen LogP contribution is -2.17. The van der Waals surface area contributed by atoms with E-state index in [1.54, 1.807) is 0 Å². The van der Waals surface area contributed by atoms with Crippen LogP contribution in [0.15, 0.2) is 34.8 Å². The third-order valence-electron chi connectivity index (χ3n) is 3.47. The van der Waals surface area contributed by atoms with E-state index in [1.165, 1.54) is 12.0 Å². The molecule has 0 saturated heterocycles. The minimum absolute atomic E-state index is 0.306. The van der Waals surface area contributed by atoms with Gasteiger partial charge in [0.05, 0.1) is 5.69 Å². The van der Waals surface area contributed by atoms with E-state index in [9.17, 15) is 0 Å². The molecule has 3 nitrogen and oxygen atoms in total. The van der Waals surface area contributed by atoms with E-state index >= 15 is 0 Å². The highest BCUT2D eigenvalue weighted by Crippen LogP contribution is 2.31. The van der Waals surface area contributed by atoms with Gasteiger partial charge in [-0.3, -0.25) is 0 Å². The maximum absolute atomic E-state index is 4.70. The number of hydrogen-bond acceptors (Lipinski definition) is 2. The molecule has 2 heterocycles. The third kappa shape index (κ3) is 3.88. The fourth-order valence-corrected chi connectivity index (χ4v) is 3.02. The summed E-state index contributed by atoms with van der Waals surface area (Å²) in [6, 6.07) is 10.5. The Morgan fingerprint density at radius 2 is 2.05 bits per heavy atom. The van der Waals surface area contributed by atoms with Gasteiger partial charge in [0.1, 0.15) is 5.82 Å². The van der Waals surface area contributed by atoms with Crippen LogP contribution in [0.3, 0.4) is 0 Å². The highest BCUT2D eigenvalue weighted by Gasteiger charge is 2.18. The summed E-state index contributed by atoms with van der Waals surface area (Å²) in [6.07, 6.45) is 2.40.